The van der Waals surface area contributed by atoms with E-state index < -0.39 is 0 Å². The van der Waals surface area contributed by atoms with Crippen molar-refractivity contribution in [2.24, 2.45) is 0 Å². The summed E-state index contributed by atoms with van der Waals surface area (Å²) >= 11 is 1.65. The summed E-state index contributed by atoms with van der Waals surface area (Å²) in [5.74, 6) is -0.211. The molecule has 5 heteroatoms. The molecule has 0 spiro atoms. The number of aromatic nitrogens is 1. The van der Waals surface area contributed by atoms with Crippen LogP contribution in [0.5, 0.6) is 0 Å². The van der Waals surface area contributed by atoms with Crippen LogP contribution in [-0.2, 0) is 28.9 Å². The largest absolute Gasteiger partial charge is 0.469 e. The summed E-state index contributed by atoms with van der Waals surface area (Å²) in [6.45, 7) is 6.45. The summed E-state index contributed by atoms with van der Waals surface area (Å²) in [7, 11) is 1.41. The van der Waals surface area contributed by atoms with Crippen LogP contribution >= 0.6 is 11.3 Å². The smallest absolute Gasteiger partial charge is 0.312 e. The van der Waals surface area contributed by atoms with E-state index in [0.717, 1.165) is 24.5 Å². The van der Waals surface area contributed by atoms with Gasteiger partial charge in [0.2, 0.25) is 0 Å². The lowest BCUT2D eigenvalue weighted by atomic mass is 10.1. The van der Waals surface area contributed by atoms with Crippen LogP contribution in [0.1, 0.15) is 29.4 Å². The minimum Gasteiger partial charge on any atom is -0.469 e. The highest BCUT2D eigenvalue weighted by Crippen LogP contribution is 2.26. The summed E-state index contributed by atoms with van der Waals surface area (Å²) in [6.07, 6.45) is 1.29. The number of nitrogens with zero attached hydrogens (tertiary/aromatic N) is 2. The quantitative estimate of drug-likeness (QED) is 0.769. The lowest BCUT2D eigenvalue weighted by molar-refractivity contribution is -0.139. The number of fused-ring (bicyclic) bond motifs is 1. The number of methoxy groups -OCH3 is 1. The van der Waals surface area contributed by atoms with E-state index in [1.165, 1.54) is 17.7 Å². The van der Waals surface area contributed by atoms with Gasteiger partial charge >= 0.3 is 5.97 Å². The Balaban J connectivity index is 2.09. The van der Waals surface area contributed by atoms with Gasteiger partial charge in [-0.05, 0) is 13.8 Å². The summed E-state index contributed by atoms with van der Waals surface area (Å²) in [5.41, 5.74) is 1.17. The molecule has 0 N–H and O–H groups in total. The van der Waals surface area contributed by atoms with E-state index in [9.17, 15) is 4.79 Å². The van der Waals surface area contributed by atoms with Crippen molar-refractivity contribution >= 4 is 17.3 Å². The van der Waals surface area contributed by atoms with E-state index in [1.807, 2.05) is 0 Å². The Morgan fingerprint density at radius 3 is 3.00 bits per heavy atom. The van der Waals surface area contributed by atoms with Crippen LogP contribution < -0.4 is 0 Å². The molecule has 1 aromatic rings. The molecule has 0 aromatic carbocycles. The monoisotopic (exact) mass is 254 g/mol. The Bertz CT molecular complexity index is 415. The van der Waals surface area contributed by atoms with Crippen LogP contribution in [0, 0.1) is 0 Å². The zero-order valence-corrected chi connectivity index (χ0v) is 11.3. The molecule has 0 atom stereocenters. The number of carbonyl (C=O) groups is 1. The number of thiazole rings is 1. The summed E-state index contributed by atoms with van der Waals surface area (Å²) in [6, 6.07) is 0.564. The minimum atomic E-state index is -0.211. The highest BCUT2D eigenvalue weighted by Gasteiger charge is 2.22. The molecule has 0 fully saturated rings. The van der Waals surface area contributed by atoms with Crippen molar-refractivity contribution in [2.45, 2.75) is 39.3 Å². The molecule has 0 saturated carbocycles. The predicted octanol–water partition coefficient (Wildman–Crippen LogP) is 1.63. The Morgan fingerprint density at radius 1 is 1.59 bits per heavy atom. The van der Waals surface area contributed by atoms with E-state index in [1.54, 1.807) is 11.3 Å². The van der Waals surface area contributed by atoms with Gasteiger partial charge < -0.3 is 4.74 Å². The Labute approximate surface area is 106 Å². The maximum Gasteiger partial charge on any atom is 0.312 e. The van der Waals surface area contributed by atoms with Gasteiger partial charge in [0, 0.05) is 30.4 Å². The van der Waals surface area contributed by atoms with Crippen molar-refractivity contribution in [1.29, 1.82) is 0 Å². The third-order valence-electron chi connectivity index (χ3n) is 3.06. The van der Waals surface area contributed by atoms with E-state index in [0.29, 0.717) is 12.5 Å². The normalized spacial score (nSPS) is 16.0. The van der Waals surface area contributed by atoms with Crippen LogP contribution in [-0.4, -0.2) is 35.5 Å². The number of rotatable bonds is 3. The third kappa shape index (κ3) is 2.84. The molecule has 0 radical (unpaired) electrons. The van der Waals surface area contributed by atoms with Gasteiger partial charge in [0.15, 0.2) is 0 Å². The highest BCUT2D eigenvalue weighted by atomic mass is 32.1. The van der Waals surface area contributed by atoms with Crippen molar-refractivity contribution in [3.8, 4) is 0 Å². The van der Waals surface area contributed by atoms with Crippen LogP contribution in [0.25, 0.3) is 0 Å². The lowest BCUT2D eigenvalue weighted by Gasteiger charge is -2.29. The van der Waals surface area contributed by atoms with Crippen LogP contribution in [0.15, 0.2) is 0 Å². The van der Waals surface area contributed by atoms with Gasteiger partial charge in [0.1, 0.15) is 5.01 Å². The zero-order chi connectivity index (χ0) is 12.4. The van der Waals surface area contributed by atoms with Gasteiger partial charge in [0.05, 0.1) is 19.2 Å². The maximum atomic E-state index is 11.2. The summed E-state index contributed by atoms with van der Waals surface area (Å²) in [5, 5.41) is 0.882. The van der Waals surface area contributed by atoms with Gasteiger partial charge in [0.25, 0.3) is 0 Å². The molecule has 0 bridgehead atoms. The second-order valence-corrected chi connectivity index (χ2v) is 5.71. The molecule has 94 valence electrons. The standard InChI is InChI=1S/C12H18N2O2S/c1-8(2)14-5-4-9-10(7-14)17-11(13-9)6-12(15)16-3/h8H,4-7H2,1-3H3. The van der Waals surface area contributed by atoms with E-state index in [4.69, 9.17) is 0 Å². The third-order valence-corrected chi connectivity index (χ3v) is 4.14. The molecule has 1 aromatic heterocycles. The lowest BCUT2D eigenvalue weighted by Crippen LogP contribution is -2.35. The molecule has 0 amide bonds. The van der Waals surface area contributed by atoms with E-state index >= 15 is 0 Å². The number of hydrogen-bond donors (Lipinski definition) is 0. The fourth-order valence-electron chi connectivity index (χ4n) is 1.98. The Hall–Kier alpha value is -0.940. The molecule has 17 heavy (non-hydrogen) atoms. The number of ether oxygens (including phenoxy) is 1. The fraction of sp³-hybridized carbons (Fsp3) is 0.667. The first-order valence-corrected chi connectivity index (χ1v) is 6.70. The Morgan fingerprint density at radius 2 is 2.35 bits per heavy atom. The average molecular weight is 254 g/mol. The van der Waals surface area contributed by atoms with Crippen molar-refractivity contribution in [3.05, 3.63) is 15.6 Å². The molecule has 2 rings (SSSR count). The van der Waals surface area contributed by atoms with Crippen molar-refractivity contribution in [2.75, 3.05) is 13.7 Å². The summed E-state index contributed by atoms with van der Waals surface area (Å²) < 4.78 is 4.66. The molecule has 1 aliphatic rings. The fourth-order valence-corrected chi connectivity index (χ4v) is 3.11. The second kappa shape index (κ2) is 5.14. The molecule has 0 saturated heterocycles. The van der Waals surface area contributed by atoms with Crippen molar-refractivity contribution in [3.63, 3.8) is 0 Å². The van der Waals surface area contributed by atoms with Gasteiger partial charge in [-0.3, -0.25) is 9.69 Å². The average Bonchev–Trinajstić information content (AvgIpc) is 2.69. The van der Waals surface area contributed by atoms with Gasteiger partial charge in [-0.25, -0.2) is 4.98 Å². The van der Waals surface area contributed by atoms with Crippen LogP contribution in [0.2, 0.25) is 0 Å². The topological polar surface area (TPSA) is 42.4 Å². The highest BCUT2D eigenvalue weighted by molar-refractivity contribution is 7.11. The molecule has 4 nitrogen and oxygen atoms in total. The molecular formula is C12H18N2O2S. The number of carbonyl (C=O) groups excluding carboxylic acids is 1. The number of esters is 1. The van der Waals surface area contributed by atoms with Crippen LogP contribution in [0.3, 0.4) is 0 Å². The SMILES string of the molecule is COC(=O)Cc1nc2c(s1)CN(C(C)C)CC2. The van der Waals surface area contributed by atoms with E-state index in [-0.39, 0.29) is 5.97 Å². The maximum absolute atomic E-state index is 11.2. The summed E-state index contributed by atoms with van der Waals surface area (Å²) in [4.78, 5) is 19.5. The second-order valence-electron chi connectivity index (χ2n) is 4.54. The molecule has 2 heterocycles. The van der Waals surface area contributed by atoms with E-state index in [2.05, 4.69) is 28.5 Å². The predicted molar refractivity (Wildman–Crippen MR) is 67.1 cm³/mol. The van der Waals surface area contributed by atoms with Gasteiger partial charge in [-0.15, -0.1) is 11.3 Å². The molecule has 0 aliphatic carbocycles. The first kappa shape index (κ1) is 12.5. The van der Waals surface area contributed by atoms with Crippen molar-refractivity contribution in [1.82, 2.24) is 9.88 Å². The van der Waals surface area contributed by atoms with Gasteiger partial charge in [-0.1, -0.05) is 0 Å². The van der Waals surface area contributed by atoms with Gasteiger partial charge in [-0.2, -0.15) is 0 Å². The number of hydrogen-bond acceptors (Lipinski definition) is 5. The first-order valence-electron chi connectivity index (χ1n) is 5.88. The molecular weight excluding hydrogens is 236 g/mol. The minimum absolute atomic E-state index is 0.211. The zero-order valence-electron chi connectivity index (χ0n) is 10.5. The van der Waals surface area contributed by atoms with Crippen molar-refractivity contribution < 1.29 is 9.53 Å². The molecule has 1 aliphatic heterocycles. The van der Waals surface area contributed by atoms with Crippen LogP contribution in [0.4, 0.5) is 0 Å². The Kier molecular flexibility index (Phi) is 3.79. The molecule has 0 unspecified atom stereocenters. The first-order chi connectivity index (χ1) is 8.10.